The minimum atomic E-state index is 0. The molecule has 1 amide bonds. The summed E-state index contributed by atoms with van der Waals surface area (Å²) in [7, 11) is 0. The van der Waals surface area contributed by atoms with Crippen molar-refractivity contribution in [3.05, 3.63) is 64.7 Å². The molecule has 144 valence electrons. The van der Waals surface area contributed by atoms with Crippen molar-refractivity contribution in [3.63, 3.8) is 0 Å². The Labute approximate surface area is 182 Å². The first-order valence-corrected chi connectivity index (χ1v) is 9.19. The maximum Gasteiger partial charge on any atom is 0.225 e. The number of hydrogen-bond acceptors (Lipinski definition) is 2. The van der Waals surface area contributed by atoms with Gasteiger partial charge in [-0.3, -0.25) is 4.79 Å². The molecule has 5 nitrogen and oxygen atoms in total. The van der Waals surface area contributed by atoms with Gasteiger partial charge >= 0.3 is 0 Å². The zero-order valence-electron chi connectivity index (χ0n) is 15.2. The highest BCUT2D eigenvalue weighted by atomic mass is 127. The van der Waals surface area contributed by atoms with Crippen molar-refractivity contribution in [1.82, 2.24) is 10.6 Å². The van der Waals surface area contributed by atoms with Crippen LogP contribution >= 0.6 is 35.6 Å². The van der Waals surface area contributed by atoms with E-state index in [0.717, 1.165) is 29.3 Å². The molecule has 0 spiro atoms. The summed E-state index contributed by atoms with van der Waals surface area (Å²) in [6, 6.07) is 15.6. The van der Waals surface area contributed by atoms with Crippen molar-refractivity contribution < 1.29 is 4.79 Å². The Balaban J connectivity index is 0.00000261. The molecule has 0 saturated carbocycles. The van der Waals surface area contributed by atoms with Gasteiger partial charge in [0.15, 0.2) is 5.96 Å². The number of carbonyl (C=O) groups excluding carboxylic acids is 1. The minimum absolute atomic E-state index is 0. The van der Waals surface area contributed by atoms with Gasteiger partial charge in [-0.05, 0) is 30.2 Å². The second-order valence-corrected chi connectivity index (χ2v) is 6.61. The summed E-state index contributed by atoms with van der Waals surface area (Å²) >= 11 is 6.20. The lowest BCUT2D eigenvalue weighted by Gasteiger charge is -2.26. The van der Waals surface area contributed by atoms with Gasteiger partial charge in [-0.25, -0.2) is 4.99 Å². The number of anilines is 1. The van der Waals surface area contributed by atoms with Crippen LogP contribution in [0.2, 0.25) is 5.02 Å². The molecule has 3 rings (SSSR count). The number of fused-ring (bicyclic) bond motifs is 1. The number of halogens is 2. The van der Waals surface area contributed by atoms with Crippen LogP contribution in [0.5, 0.6) is 0 Å². The molecule has 0 aliphatic carbocycles. The van der Waals surface area contributed by atoms with Gasteiger partial charge in [-0.1, -0.05) is 48.0 Å². The van der Waals surface area contributed by atoms with E-state index in [1.165, 1.54) is 0 Å². The lowest BCUT2D eigenvalue weighted by atomic mass is 9.90. The molecule has 0 fully saturated rings. The highest BCUT2D eigenvalue weighted by molar-refractivity contribution is 14.0. The fraction of sp³-hybridized carbons (Fsp3) is 0.300. The summed E-state index contributed by atoms with van der Waals surface area (Å²) < 4.78 is 0. The Morgan fingerprint density at radius 3 is 2.70 bits per heavy atom. The van der Waals surface area contributed by atoms with Crippen molar-refractivity contribution in [3.8, 4) is 0 Å². The predicted molar refractivity (Wildman–Crippen MR) is 122 cm³/mol. The summed E-state index contributed by atoms with van der Waals surface area (Å²) in [5.74, 6) is 0.883. The number of nitrogens with zero attached hydrogens (tertiary/aromatic N) is 1. The first-order valence-electron chi connectivity index (χ1n) is 8.81. The number of guanidine groups is 1. The van der Waals surface area contributed by atoms with Gasteiger partial charge < -0.3 is 16.0 Å². The molecule has 27 heavy (non-hydrogen) atoms. The van der Waals surface area contributed by atoms with E-state index in [1.807, 2.05) is 49.4 Å². The van der Waals surface area contributed by atoms with Crippen molar-refractivity contribution in [1.29, 1.82) is 0 Å². The average Bonchev–Trinajstić information content (AvgIpc) is 2.64. The predicted octanol–water partition coefficient (Wildman–Crippen LogP) is 4.14. The topological polar surface area (TPSA) is 65.5 Å². The van der Waals surface area contributed by atoms with E-state index in [1.54, 1.807) is 0 Å². The Morgan fingerprint density at radius 2 is 1.93 bits per heavy atom. The van der Waals surface area contributed by atoms with Gasteiger partial charge in [-0.15, -0.1) is 24.0 Å². The largest absolute Gasteiger partial charge is 0.357 e. The molecule has 0 bridgehead atoms. The zero-order chi connectivity index (χ0) is 18.4. The van der Waals surface area contributed by atoms with Crippen LogP contribution < -0.4 is 16.0 Å². The molecule has 0 radical (unpaired) electrons. The molecule has 7 heteroatoms. The van der Waals surface area contributed by atoms with Gasteiger partial charge in [0.05, 0.1) is 6.54 Å². The zero-order valence-corrected chi connectivity index (χ0v) is 18.3. The van der Waals surface area contributed by atoms with E-state index in [4.69, 9.17) is 11.6 Å². The lowest BCUT2D eigenvalue weighted by Crippen LogP contribution is -2.40. The molecule has 1 unspecified atom stereocenters. The van der Waals surface area contributed by atoms with Crippen LogP contribution in [0.1, 0.15) is 30.4 Å². The number of rotatable bonds is 5. The molecular weight excluding hydrogens is 475 g/mol. The normalized spacial score (nSPS) is 16.0. The number of amides is 1. The number of carbonyl (C=O) groups is 1. The van der Waals surface area contributed by atoms with Crippen molar-refractivity contribution in [2.75, 3.05) is 18.4 Å². The molecule has 2 aromatic rings. The van der Waals surface area contributed by atoms with E-state index >= 15 is 0 Å². The second-order valence-electron chi connectivity index (χ2n) is 6.20. The SMILES string of the molecule is CCNC(=NCc1ccccc1Cl)NCC1CC(=O)Nc2ccccc21.I. The Kier molecular flexibility index (Phi) is 8.37. The van der Waals surface area contributed by atoms with Crippen LogP contribution in [0.3, 0.4) is 0 Å². The summed E-state index contributed by atoms with van der Waals surface area (Å²) in [5.41, 5.74) is 3.03. The van der Waals surface area contributed by atoms with Crippen LogP contribution in [0.25, 0.3) is 0 Å². The average molecular weight is 499 g/mol. The maximum atomic E-state index is 12.0. The third-order valence-corrected chi connectivity index (χ3v) is 4.70. The van der Waals surface area contributed by atoms with Crippen LogP contribution in [-0.4, -0.2) is 25.0 Å². The highest BCUT2D eigenvalue weighted by Gasteiger charge is 2.24. The number of hydrogen-bond donors (Lipinski definition) is 3. The summed E-state index contributed by atoms with van der Waals surface area (Å²) in [6.07, 6.45) is 0.466. The van der Waals surface area contributed by atoms with Crippen LogP contribution in [-0.2, 0) is 11.3 Å². The first kappa shape index (κ1) is 21.5. The third-order valence-electron chi connectivity index (χ3n) is 4.33. The third kappa shape index (κ3) is 5.84. The van der Waals surface area contributed by atoms with Crippen LogP contribution in [0, 0.1) is 0 Å². The fourth-order valence-electron chi connectivity index (χ4n) is 3.04. The fourth-order valence-corrected chi connectivity index (χ4v) is 3.23. The monoisotopic (exact) mass is 498 g/mol. The van der Waals surface area contributed by atoms with E-state index in [2.05, 4.69) is 27.0 Å². The number of aliphatic imine (C=N–C) groups is 1. The molecule has 0 saturated heterocycles. The van der Waals surface area contributed by atoms with Gasteiger partial charge in [0.1, 0.15) is 0 Å². The lowest BCUT2D eigenvalue weighted by molar-refractivity contribution is -0.116. The summed E-state index contributed by atoms with van der Waals surface area (Å²) in [4.78, 5) is 16.6. The first-order chi connectivity index (χ1) is 12.7. The van der Waals surface area contributed by atoms with E-state index in [0.29, 0.717) is 24.5 Å². The molecule has 1 aliphatic rings. The molecule has 3 N–H and O–H groups in total. The standard InChI is InChI=1S/C20H23ClN4O.HI/c1-2-22-20(23-12-14-7-3-5-9-17(14)21)24-13-15-11-19(26)25-18-10-6-4-8-16(15)18;/h3-10,15H,2,11-13H2,1H3,(H,25,26)(H2,22,23,24);1H. The van der Waals surface area contributed by atoms with Gasteiger partial charge in [-0.2, -0.15) is 0 Å². The Morgan fingerprint density at radius 1 is 1.19 bits per heavy atom. The molecule has 0 aromatic heterocycles. The number of para-hydroxylation sites is 1. The van der Waals surface area contributed by atoms with Crippen molar-refractivity contribution in [2.24, 2.45) is 4.99 Å². The van der Waals surface area contributed by atoms with Crippen molar-refractivity contribution >= 4 is 53.1 Å². The maximum absolute atomic E-state index is 12.0. The molecule has 1 heterocycles. The second kappa shape index (κ2) is 10.5. The van der Waals surface area contributed by atoms with Crippen molar-refractivity contribution in [2.45, 2.75) is 25.8 Å². The van der Waals surface area contributed by atoms with E-state index in [-0.39, 0.29) is 35.8 Å². The Bertz CT molecular complexity index is 812. The molecule has 1 atom stereocenters. The van der Waals surface area contributed by atoms with Crippen LogP contribution in [0.4, 0.5) is 5.69 Å². The smallest absolute Gasteiger partial charge is 0.225 e. The molecule has 1 aliphatic heterocycles. The summed E-state index contributed by atoms with van der Waals surface area (Å²) in [5, 5.41) is 10.2. The number of nitrogens with one attached hydrogen (secondary N) is 3. The van der Waals surface area contributed by atoms with Gasteiger partial charge in [0.2, 0.25) is 5.91 Å². The summed E-state index contributed by atoms with van der Waals surface area (Å²) in [6.45, 7) is 3.92. The van der Waals surface area contributed by atoms with Gasteiger partial charge in [0, 0.05) is 36.1 Å². The Hall–Kier alpha value is -1.80. The highest BCUT2D eigenvalue weighted by Crippen LogP contribution is 2.31. The number of benzene rings is 2. The molecular formula is C20H24ClIN4O. The quantitative estimate of drug-likeness (QED) is 0.330. The minimum Gasteiger partial charge on any atom is -0.357 e. The molecule has 2 aromatic carbocycles. The van der Waals surface area contributed by atoms with Crippen LogP contribution in [0.15, 0.2) is 53.5 Å². The van der Waals surface area contributed by atoms with E-state index in [9.17, 15) is 4.79 Å². The van der Waals surface area contributed by atoms with E-state index < -0.39 is 0 Å². The van der Waals surface area contributed by atoms with Gasteiger partial charge in [0.25, 0.3) is 0 Å².